The lowest BCUT2D eigenvalue weighted by atomic mass is 10.2. The summed E-state index contributed by atoms with van der Waals surface area (Å²) in [5.41, 5.74) is 1.47. The maximum Gasteiger partial charge on any atom is 0.322 e. The number of piperazine rings is 1. The number of benzene rings is 2. The number of halogens is 2. The van der Waals surface area contributed by atoms with Crippen molar-refractivity contribution in [1.82, 2.24) is 14.7 Å². The summed E-state index contributed by atoms with van der Waals surface area (Å²) in [5.74, 6) is -0.0623. The van der Waals surface area contributed by atoms with E-state index in [0.717, 1.165) is 51.0 Å². The highest BCUT2D eigenvalue weighted by Crippen LogP contribution is 2.16. The van der Waals surface area contributed by atoms with Crippen molar-refractivity contribution in [3.05, 3.63) is 64.9 Å². The minimum absolute atomic E-state index is 0.240. The number of nitrogens with one attached hydrogen (secondary N) is 1. The summed E-state index contributed by atoms with van der Waals surface area (Å²) in [6.45, 7) is 6.73. The van der Waals surface area contributed by atoms with Crippen molar-refractivity contribution in [1.29, 1.82) is 0 Å². The number of amides is 3. The predicted molar refractivity (Wildman–Crippen MR) is 134 cm³/mol. The van der Waals surface area contributed by atoms with Crippen molar-refractivity contribution in [2.75, 3.05) is 44.6 Å². The van der Waals surface area contributed by atoms with E-state index in [0.29, 0.717) is 36.8 Å². The monoisotopic (exact) mass is 488 g/mol. The lowest BCUT2D eigenvalue weighted by Gasteiger charge is -2.36. The highest BCUT2D eigenvalue weighted by Gasteiger charge is 2.22. The predicted octanol–water partition coefficient (Wildman–Crippen LogP) is 5.24. The van der Waals surface area contributed by atoms with E-state index in [1.807, 2.05) is 4.90 Å². The van der Waals surface area contributed by atoms with Crippen LogP contribution in [0.2, 0.25) is 5.02 Å². The van der Waals surface area contributed by atoms with Crippen LogP contribution in [0.4, 0.5) is 14.9 Å². The van der Waals surface area contributed by atoms with Crippen LogP contribution < -0.4 is 5.32 Å². The fourth-order valence-electron chi connectivity index (χ4n) is 4.00. The molecule has 2 aromatic carbocycles. The molecule has 1 N–H and O–H groups in total. The molecule has 3 rings (SSSR count). The molecule has 0 radical (unpaired) electrons. The summed E-state index contributed by atoms with van der Waals surface area (Å²) < 4.78 is 13.3. The van der Waals surface area contributed by atoms with Gasteiger partial charge in [0.1, 0.15) is 5.82 Å². The molecule has 0 unspecified atom stereocenters. The molecule has 1 fully saturated rings. The second-order valence-electron chi connectivity index (χ2n) is 8.67. The van der Waals surface area contributed by atoms with Gasteiger partial charge in [0.05, 0.1) is 0 Å². The number of urea groups is 1. The lowest BCUT2D eigenvalue weighted by molar-refractivity contribution is -0.133. The average Bonchev–Trinajstić information content (AvgIpc) is 2.83. The van der Waals surface area contributed by atoms with Crippen LogP contribution in [0.1, 0.15) is 38.2 Å². The molecule has 8 heteroatoms. The Morgan fingerprint density at radius 3 is 2.47 bits per heavy atom. The number of unbranched alkanes of at least 4 members (excludes halogenated alkanes) is 2. The van der Waals surface area contributed by atoms with E-state index >= 15 is 0 Å². The van der Waals surface area contributed by atoms with Gasteiger partial charge in [-0.05, 0) is 42.3 Å². The summed E-state index contributed by atoms with van der Waals surface area (Å²) in [5, 5.41) is 3.45. The number of hydrogen-bond donors (Lipinski definition) is 1. The molecule has 1 saturated heterocycles. The van der Waals surface area contributed by atoms with Gasteiger partial charge in [-0.25, -0.2) is 9.18 Å². The van der Waals surface area contributed by atoms with E-state index < -0.39 is 0 Å². The smallest absolute Gasteiger partial charge is 0.322 e. The van der Waals surface area contributed by atoms with Crippen molar-refractivity contribution in [3.8, 4) is 0 Å². The Hall–Kier alpha value is -2.64. The van der Waals surface area contributed by atoms with Crippen molar-refractivity contribution >= 4 is 29.2 Å². The summed E-state index contributed by atoms with van der Waals surface area (Å²) in [6, 6.07) is 13.0. The highest BCUT2D eigenvalue weighted by atomic mass is 35.5. The van der Waals surface area contributed by atoms with E-state index in [9.17, 15) is 14.0 Å². The molecular weight excluding hydrogens is 455 g/mol. The van der Waals surface area contributed by atoms with E-state index in [1.54, 1.807) is 41.3 Å². The van der Waals surface area contributed by atoms with E-state index in [4.69, 9.17) is 11.6 Å². The van der Waals surface area contributed by atoms with Gasteiger partial charge in [0.15, 0.2) is 0 Å². The Morgan fingerprint density at radius 2 is 1.79 bits per heavy atom. The third-order valence-corrected chi connectivity index (χ3v) is 6.29. The molecule has 0 bridgehead atoms. The van der Waals surface area contributed by atoms with Gasteiger partial charge in [0.2, 0.25) is 5.91 Å². The number of carbonyl (C=O) groups is 2. The van der Waals surface area contributed by atoms with E-state index in [1.165, 1.54) is 12.1 Å². The number of hydrogen-bond acceptors (Lipinski definition) is 3. The standard InChI is InChI=1S/C26H34ClFN4O2/c1-2-3-4-8-25(33)31-16-13-30(14-17-31)15-18-32(20-21-9-11-23(28)12-10-21)26(34)29-24-7-5-6-22(27)19-24/h5-7,9-12,19H,2-4,8,13-18,20H2,1H3,(H,29,34). The number of rotatable bonds is 10. The zero-order valence-electron chi connectivity index (χ0n) is 19.8. The number of nitrogens with zero attached hydrogens (tertiary/aromatic N) is 3. The van der Waals surface area contributed by atoms with Gasteiger partial charge in [-0.3, -0.25) is 9.69 Å². The van der Waals surface area contributed by atoms with E-state index in [-0.39, 0.29) is 17.8 Å². The van der Waals surface area contributed by atoms with Crippen LogP contribution in [0.25, 0.3) is 0 Å². The molecule has 0 aliphatic carbocycles. The Kier molecular flexibility index (Phi) is 10.2. The van der Waals surface area contributed by atoms with Crippen LogP contribution in [0.15, 0.2) is 48.5 Å². The first-order valence-electron chi connectivity index (χ1n) is 12.0. The average molecular weight is 489 g/mol. The molecule has 1 aliphatic rings. The number of anilines is 1. The van der Waals surface area contributed by atoms with Gasteiger partial charge in [-0.15, -0.1) is 0 Å². The SMILES string of the molecule is CCCCCC(=O)N1CCN(CCN(Cc2ccc(F)cc2)C(=O)Nc2cccc(Cl)c2)CC1. The fraction of sp³-hybridized carbons (Fsp3) is 0.462. The van der Waals surface area contributed by atoms with Crippen LogP contribution in [-0.2, 0) is 11.3 Å². The van der Waals surface area contributed by atoms with Crippen molar-refractivity contribution < 1.29 is 14.0 Å². The fourth-order valence-corrected chi connectivity index (χ4v) is 4.19. The van der Waals surface area contributed by atoms with Crippen molar-refractivity contribution in [2.24, 2.45) is 0 Å². The van der Waals surface area contributed by atoms with Crippen molar-refractivity contribution in [3.63, 3.8) is 0 Å². The normalized spacial score (nSPS) is 14.1. The maximum absolute atomic E-state index is 13.3. The van der Waals surface area contributed by atoms with Gasteiger partial charge < -0.3 is 15.1 Å². The van der Waals surface area contributed by atoms with Gasteiger partial charge >= 0.3 is 6.03 Å². The largest absolute Gasteiger partial charge is 0.340 e. The molecule has 2 aromatic rings. The molecule has 1 heterocycles. The van der Waals surface area contributed by atoms with Crippen LogP contribution in [0, 0.1) is 5.82 Å². The van der Waals surface area contributed by atoms with Gasteiger partial charge in [0, 0.05) is 62.9 Å². The van der Waals surface area contributed by atoms with E-state index in [2.05, 4.69) is 17.1 Å². The molecule has 0 spiro atoms. The van der Waals surface area contributed by atoms with Crippen LogP contribution in [0.3, 0.4) is 0 Å². The van der Waals surface area contributed by atoms with Crippen molar-refractivity contribution in [2.45, 2.75) is 39.2 Å². The molecule has 3 amide bonds. The Labute approximate surface area is 206 Å². The van der Waals surface area contributed by atoms with Gasteiger partial charge in [-0.1, -0.05) is 49.6 Å². The first kappa shape index (κ1) is 26.0. The molecule has 6 nitrogen and oxygen atoms in total. The summed E-state index contributed by atoms with van der Waals surface area (Å²) in [7, 11) is 0. The van der Waals surface area contributed by atoms with Crippen LogP contribution in [0.5, 0.6) is 0 Å². The second kappa shape index (κ2) is 13.3. The highest BCUT2D eigenvalue weighted by molar-refractivity contribution is 6.30. The van der Waals surface area contributed by atoms with Crippen LogP contribution >= 0.6 is 11.6 Å². The summed E-state index contributed by atoms with van der Waals surface area (Å²) >= 11 is 6.05. The molecule has 0 atom stereocenters. The Bertz CT molecular complexity index is 933. The summed E-state index contributed by atoms with van der Waals surface area (Å²) in [4.78, 5) is 31.4. The quantitative estimate of drug-likeness (QED) is 0.465. The first-order chi connectivity index (χ1) is 16.4. The van der Waals surface area contributed by atoms with Gasteiger partial charge in [0.25, 0.3) is 0 Å². The molecule has 34 heavy (non-hydrogen) atoms. The van der Waals surface area contributed by atoms with Crippen LogP contribution in [-0.4, -0.2) is 65.9 Å². The third kappa shape index (κ3) is 8.29. The van der Waals surface area contributed by atoms with Gasteiger partial charge in [-0.2, -0.15) is 0 Å². The minimum atomic E-state index is -0.305. The topological polar surface area (TPSA) is 55.9 Å². The first-order valence-corrected chi connectivity index (χ1v) is 12.4. The lowest BCUT2D eigenvalue weighted by Crippen LogP contribution is -2.50. The Morgan fingerprint density at radius 1 is 1.06 bits per heavy atom. The molecule has 184 valence electrons. The zero-order valence-corrected chi connectivity index (χ0v) is 20.6. The minimum Gasteiger partial charge on any atom is -0.340 e. The number of carbonyl (C=O) groups excluding carboxylic acids is 2. The Balaban J connectivity index is 1.55. The molecular formula is C26H34ClFN4O2. The molecule has 0 aromatic heterocycles. The third-order valence-electron chi connectivity index (χ3n) is 6.06. The second-order valence-corrected chi connectivity index (χ2v) is 9.10. The summed E-state index contributed by atoms with van der Waals surface area (Å²) in [6.07, 6.45) is 3.78. The maximum atomic E-state index is 13.3. The molecule has 0 saturated carbocycles. The molecule has 1 aliphatic heterocycles. The zero-order chi connectivity index (χ0) is 24.3.